The van der Waals surface area contributed by atoms with Crippen LogP contribution in [-0.4, -0.2) is 36.7 Å². The molecule has 0 amide bonds. The Morgan fingerprint density at radius 3 is 3.18 bits per heavy atom. The molecule has 1 aromatic rings. The van der Waals surface area contributed by atoms with Gasteiger partial charge in [0.1, 0.15) is 5.54 Å². The van der Waals surface area contributed by atoms with Crippen molar-refractivity contribution in [1.29, 1.82) is 0 Å². The van der Waals surface area contributed by atoms with Crippen molar-refractivity contribution in [2.75, 3.05) is 26.2 Å². The molecule has 4 rings (SSSR count). The minimum absolute atomic E-state index is 0.492. The molecule has 3 fully saturated rings. The summed E-state index contributed by atoms with van der Waals surface area (Å²) in [5.41, 5.74) is 1.95. The molecular weight excluding hydrogens is 210 g/mol. The molecule has 1 spiro atoms. The monoisotopic (exact) mass is 230 g/mol. The van der Waals surface area contributed by atoms with Gasteiger partial charge < -0.3 is 5.32 Å². The van der Waals surface area contributed by atoms with Gasteiger partial charge in [-0.15, -0.1) is 0 Å². The van der Waals surface area contributed by atoms with E-state index in [9.17, 15) is 0 Å². The number of fused-ring (bicyclic) bond motifs is 3. The van der Waals surface area contributed by atoms with Crippen molar-refractivity contribution in [1.82, 2.24) is 14.8 Å². The third-order valence-electron chi connectivity index (χ3n) is 5.43. The summed E-state index contributed by atoms with van der Waals surface area (Å²) in [6, 6.07) is 4.39. The number of hydrogen-bond acceptors (Lipinski definition) is 2. The Morgan fingerprint density at radius 2 is 2.47 bits per heavy atom. The zero-order valence-electron chi connectivity index (χ0n) is 10.2. The van der Waals surface area contributed by atoms with Crippen molar-refractivity contribution in [3.63, 3.8) is 0 Å². The molecule has 1 aromatic heterocycles. The minimum atomic E-state index is 0.492. The molecule has 4 heterocycles. The molecule has 1 N–H and O–H groups in total. The maximum absolute atomic E-state index is 4.36. The topological polar surface area (TPSA) is 24.9 Å². The molecule has 0 radical (unpaired) electrons. The quantitative estimate of drug-likeness (QED) is 0.740. The van der Waals surface area contributed by atoms with Gasteiger partial charge in [0.2, 0.25) is 0 Å². The fourth-order valence-corrected chi connectivity index (χ4v) is 4.72. The average Bonchev–Trinajstić information content (AvgIpc) is 3.06. The van der Waals surface area contributed by atoms with E-state index in [0.717, 1.165) is 5.92 Å². The second-order valence-electron chi connectivity index (χ2n) is 6.10. The first kappa shape index (κ1) is 10.0. The molecule has 17 heavy (non-hydrogen) atoms. The lowest BCUT2D eigenvalue weighted by Gasteiger charge is -2.46. The fourth-order valence-electron chi connectivity index (χ4n) is 4.72. The number of rotatable bonds is 1. The zero-order chi connectivity index (χ0) is 11.3. The Hall–Kier alpha value is -0.930. The van der Waals surface area contributed by atoms with Gasteiger partial charge in [-0.05, 0) is 6.07 Å². The Bertz CT molecular complexity index is 424. The van der Waals surface area contributed by atoms with Crippen molar-refractivity contribution in [3.05, 3.63) is 24.5 Å². The van der Waals surface area contributed by atoms with Gasteiger partial charge in [0, 0.05) is 44.0 Å². The standard InChI is InChI=1S/C14H20N3/c1-2-13(9-15-5-1)17-7-3-12(10-17)8-14(17)4-6-16-11-14/h1-2,5,9,12,16H,3-4,6-8,10-11H2/q+1. The molecule has 0 aliphatic carbocycles. The van der Waals surface area contributed by atoms with Crippen LogP contribution in [0.2, 0.25) is 0 Å². The normalized spacial score (nSPS) is 43.6. The van der Waals surface area contributed by atoms with Crippen LogP contribution in [-0.2, 0) is 0 Å². The number of nitrogens with one attached hydrogen (secondary N) is 1. The van der Waals surface area contributed by atoms with E-state index in [1.807, 2.05) is 6.20 Å². The maximum atomic E-state index is 4.36. The maximum Gasteiger partial charge on any atom is 0.151 e. The summed E-state index contributed by atoms with van der Waals surface area (Å²) < 4.78 is 1.22. The van der Waals surface area contributed by atoms with Crippen molar-refractivity contribution >= 4 is 5.69 Å². The van der Waals surface area contributed by atoms with Gasteiger partial charge in [-0.2, -0.15) is 0 Å². The summed E-state index contributed by atoms with van der Waals surface area (Å²) in [5.74, 6) is 0.954. The average molecular weight is 230 g/mol. The second kappa shape index (κ2) is 3.30. The highest BCUT2D eigenvalue weighted by Crippen LogP contribution is 2.52. The number of hydrogen-bond donors (Lipinski definition) is 1. The molecule has 0 saturated carbocycles. The molecule has 3 aliphatic rings. The van der Waals surface area contributed by atoms with Crippen LogP contribution in [0, 0.1) is 5.92 Å². The Kier molecular flexibility index (Phi) is 1.95. The molecule has 3 nitrogen and oxygen atoms in total. The molecule has 3 unspecified atom stereocenters. The summed E-state index contributed by atoms with van der Waals surface area (Å²) in [6.07, 6.45) is 8.18. The molecule has 3 aliphatic heterocycles. The second-order valence-corrected chi connectivity index (χ2v) is 6.10. The highest BCUT2D eigenvalue weighted by molar-refractivity contribution is 5.47. The molecule has 90 valence electrons. The lowest BCUT2D eigenvalue weighted by Crippen LogP contribution is -2.63. The van der Waals surface area contributed by atoms with Crippen LogP contribution >= 0.6 is 0 Å². The lowest BCUT2D eigenvalue weighted by atomic mass is 9.85. The van der Waals surface area contributed by atoms with Crippen LogP contribution in [0.5, 0.6) is 0 Å². The number of nitrogens with zero attached hydrogens (tertiary/aromatic N) is 2. The molecule has 3 saturated heterocycles. The van der Waals surface area contributed by atoms with Gasteiger partial charge in [-0.1, -0.05) is 0 Å². The predicted molar refractivity (Wildman–Crippen MR) is 68.7 cm³/mol. The summed E-state index contributed by atoms with van der Waals surface area (Å²) in [4.78, 5) is 4.36. The summed E-state index contributed by atoms with van der Waals surface area (Å²) in [5, 5.41) is 3.60. The Balaban J connectivity index is 1.84. The van der Waals surface area contributed by atoms with Crippen LogP contribution in [0.4, 0.5) is 5.69 Å². The first-order chi connectivity index (χ1) is 8.35. The van der Waals surface area contributed by atoms with Crippen LogP contribution in [0.1, 0.15) is 19.3 Å². The van der Waals surface area contributed by atoms with Gasteiger partial charge in [-0.25, -0.2) is 0 Å². The number of aromatic nitrogens is 1. The molecule has 3 heteroatoms. The van der Waals surface area contributed by atoms with Crippen molar-refractivity contribution in [3.8, 4) is 0 Å². The van der Waals surface area contributed by atoms with Crippen molar-refractivity contribution in [2.24, 2.45) is 5.92 Å². The predicted octanol–water partition coefficient (Wildman–Crippen LogP) is 1.54. The van der Waals surface area contributed by atoms with Crippen LogP contribution < -0.4 is 9.80 Å². The Morgan fingerprint density at radius 1 is 1.47 bits per heavy atom. The van der Waals surface area contributed by atoms with Crippen molar-refractivity contribution < 1.29 is 0 Å². The first-order valence-corrected chi connectivity index (χ1v) is 6.83. The van der Waals surface area contributed by atoms with E-state index in [2.05, 4.69) is 28.6 Å². The Labute approximate surface area is 102 Å². The molecular formula is C14H20N3+. The molecule has 2 bridgehead atoms. The smallest absolute Gasteiger partial charge is 0.151 e. The summed E-state index contributed by atoms with van der Waals surface area (Å²) >= 11 is 0. The van der Waals surface area contributed by atoms with E-state index in [1.54, 1.807) is 0 Å². The SMILES string of the molecule is c1cncc([N+]23CCC(CC24CCNC4)C3)c1. The third kappa shape index (κ3) is 1.16. The van der Waals surface area contributed by atoms with Gasteiger partial charge in [0.05, 0.1) is 25.8 Å². The molecule has 0 aromatic carbocycles. The minimum Gasteiger partial charge on any atom is -0.311 e. The van der Waals surface area contributed by atoms with Crippen LogP contribution in [0.25, 0.3) is 0 Å². The summed E-state index contributed by atoms with van der Waals surface area (Å²) in [7, 11) is 0. The number of quaternary nitrogens is 1. The largest absolute Gasteiger partial charge is 0.311 e. The van der Waals surface area contributed by atoms with Gasteiger partial charge >= 0.3 is 0 Å². The van der Waals surface area contributed by atoms with Gasteiger partial charge in [0.25, 0.3) is 0 Å². The third-order valence-corrected chi connectivity index (χ3v) is 5.43. The van der Waals surface area contributed by atoms with Gasteiger partial charge in [-0.3, -0.25) is 9.47 Å². The van der Waals surface area contributed by atoms with E-state index in [0.29, 0.717) is 5.54 Å². The molecule has 3 atom stereocenters. The zero-order valence-corrected chi connectivity index (χ0v) is 10.2. The number of piperidine rings is 1. The summed E-state index contributed by atoms with van der Waals surface area (Å²) in [6.45, 7) is 5.09. The van der Waals surface area contributed by atoms with E-state index < -0.39 is 0 Å². The van der Waals surface area contributed by atoms with E-state index in [-0.39, 0.29) is 0 Å². The first-order valence-electron chi connectivity index (χ1n) is 6.83. The highest BCUT2D eigenvalue weighted by atomic mass is 15.5. The van der Waals surface area contributed by atoms with Crippen LogP contribution in [0.3, 0.4) is 0 Å². The van der Waals surface area contributed by atoms with E-state index >= 15 is 0 Å². The lowest BCUT2D eigenvalue weighted by molar-refractivity contribution is 0.155. The highest BCUT2D eigenvalue weighted by Gasteiger charge is 2.64. The van der Waals surface area contributed by atoms with Gasteiger partial charge in [0.15, 0.2) is 5.69 Å². The van der Waals surface area contributed by atoms with Crippen molar-refractivity contribution in [2.45, 2.75) is 24.8 Å². The fraction of sp³-hybridized carbons (Fsp3) is 0.643. The number of pyridine rings is 1. The van der Waals surface area contributed by atoms with E-state index in [1.165, 1.54) is 55.6 Å². The van der Waals surface area contributed by atoms with Crippen LogP contribution in [0.15, 0.2) is 24.5 Å². The van der Waals surface area contributed by atoms with E-state index in [4.69, 9.17) is 0 Å².